The topological polar surface area (TPSA) is 56.6 Å². The van der Waals surface area contributed by atoms with E-state index in [-0.39, 0.29) is 11.7 Å². The molecule has 4 heteroatoms. The molecule has 0 saturated heterocycles. The van der Waals surface area contributed by atoms with Crippen LogP contribution in [-0.2, 0) is 0 Å². The monoisotopic (exact) mass is 384 g/mol. The Hall–Kier alpha value is -3.35. The maximum Gasteiger partial charge on any atom is 0.163 e. The molecule has 1 aromatic heterocycles. The second-order valence-electron chi connectivity index (χ2n) is 6.71. The molecule has 0 radical (unpaired) electrons. The summed E-state index contributed by atoms with van der Waals surface area (Å²) in [6, 6.07) is 24.6. The van der Waals surface area contributed by atoms with Gasteiger partial charge in [0, 0.05) is 40.0 Å². The van der Waals surface area contributed by atoms with E-state index in [4.69, 9.17) is 16.9 Å². The van der Waals surface area contributed by atoms with Gasteiger partial charge in [-0.25, -0.2) is 0 Å². The molecule has 1 heterocycles. The van der Waals surface area contributed by atoms with Gasteiger partial charge in [-0.2, -0.15) is 5.26 Å². The summed E-state index contributed by atoms with van der Waals surface area (Å²) in [6.45, 7) is 0. The van der Waals surface area contributed by atoms with Crippen LogP contribution in [0.25, 0.3) is 10.9 Å². The van der Waals surface area contributed by atoms with Crippen LogP contribution < -0.4 is 0 Å². The minimum Gasteiger partial charge on any atom is -0.361 e. The quantitative estimate of drug-likeness (QED) is 0.423. The first-order valence-corrected chi connectivity index (χ1v) is 9.38. The van der Waals surface area contributed by atoms with E-state index < -0.39 is 0 Å². The zero-order valence-corrected chi connectivity index (χ0v) is 15.8. The van der Waals surface area contributed by atoms with Crippen molar-refractivity contribution in [1.82, 2.24) is 4.98 Å². The van der Waals surface area contributed by atoms with Crippen molar-refractivity contribution >= 4 is 28.3 Å². The number of aromatic nitrogens is 1. The summed E-state index contributed by atoms with van der Waals surface area (Å²) in [5, 5.41) is 10.8. The van der Waals surface area contributed by atoms with Crippen LogP contribution in [0.15, 0.2) is 79.0 Å². The predicted molar refractivity (Wildman–Crippen MR) is 112 cm³/mol. The minimum absolute atomic E-state index is 0.0521. The number of hydrogen-bond acceptors (Lipinski definition) is 2. The molecule has 3 aromatic carbocycles. The van der Waals surface area contributed by atoms with E-state index in [2.05, 4.69) is 17.1 Å². The zero-order chi connectivity index (χ0) is 19.5. The molecule has 0 aliphatic carbocycles. The van der Waals surface area contributed by atoms with Gasteiger partial charge in [-0.1, -0.05) is 41.9 Å². The van der Waals surface area contributed by atoms with Crippen LogP contribution in [0.5, 0.6) is 0 Å². The summed E-state index contributed by atoms with van der Waals surface area (Å²) in [5.41, 5.74) is 4.36. The van der Waals surface area contributed by atoms with E-state index in [1.54, 1.807) is 36.4 Å². The van der Waals surface area contributed by atoms with E-state index in [1.165, 1.54) is 0 Å². The molecule has 1 N–H and O–H groups in total. The molecule has 4 aromatic rings. The van der Waals surface area contributed by atoms with E-state index in [1.807, 2.05) is 36.5 Å². The first-order chi connectivity index (χ1) is 13.7. The first-order valence-electron chi connectivity index (χ1n) is 9.00. The van der Waals surface area contributed by atoms with Gasteiger partial charge in [0.1, 0.15) is 0 Å². The standard InChI is InChI=1S/C24H17ClN2O/c25-19-11-9-18(10-12-19)24(28)13-21(17-7-5-16(14-26)6-8-17)22-15-27-23-4-2-1-3-20(22)23/h1-12,15,21,27H,13H2. The molecule has 0 bridgehead atoms. The normalized spacial score (nSPS) is 11.9. The lowest BCUT2D eigenvalue weighted by molar-refractivity contribution is 0.0978. The van der Waals surface area contributed by atoms with Gasteiger partial charge in [-0.3, -0.25) is 4.79 Å². The number of nitrogens with one attached hydrogen (secondary N) is 1. The summed E-state index contributed by atoms with van der Waals surface area (Å²) in [4.78, 5) is 16.3. The maximum absolute atomic E-state index is 13.0. The lowest BCUT2D eigenvalue weighted by atomic mass is 9.85. The number of nitriles is 1. The lowest BCUT2D eigenvalue weighted by Crippen LogP contribution is -2.09. The number of rotatable bonds is 5. The average Bonchev–Trinajstić information content (AvgIpc) is 3.16. The number of para-hydroxylation sites is 1. The third kappa shape index (κ3) is 3.55. The molecule has 0 aliphatic heterocycles. The third-order valence-electron chi connectivity index (χ3n) is 4.99. The van der Waals surface area contributed by atoms with Crippen molar-refractivity contribution in [3.8, 4) is 6.07 Å². The first kappa shape index (κ1) is 18.0. The third-order valence-corrected chi connectivity index (χ3v) is 5.25. The molecule has 0 fully saturated rings. The van der Waals surface area contributed by atoms with Gasteiger partial charge in [0.15, 0.2) is 5.78 Å². The lowest BCUT2D eigenvalue weighted by Gasteiger charge is -2.17. The highest BCUT2D eigenvalue weighted by Crippen LogP contribution is 2.34. The summed E-state index contributed by atoms with van der Waals surface area (Å²) in [7, 11) is 0. The Balaban J connectivity index is 1.75. The van der Waals surface area contributed by atoms with Crippen LogP contribution in [0.4, 0.5) is 0 Å². The second-order valence-corrected chi connectivity index (χ2v) is 7.15. The molecule has 4 rings (SSSR count). The van der Waals surface area contributed by atoms with Crippen LogP contribution in [0.1, 0.15) is 39.4 Å². The SMILES string of the molecule is N#Cc1ccc(C(CC(=O)c2ccc(Cl)cc2)c2c[nH]c3ccccc23)cc1. The number of halogens is 1. The van der Waals surface area contributed by atoms with Crippen molar-refractivity contribution in [2.45, 2.75) is 12.3 Å². The van der Waals surface area contributed by atoms with Crippen molar-refractivity contribution in [2.24, 2.45) is 0 Å². The van der Waals surface area contributed by atoms with Gasteiger partial charge < -0.3 is 4.98 Å². The Morgan fingerprint density at radius 3 is 2.43 bits per heavy atom. The van der Waals surface area contributed by atoms with Gasteiger partial charge >= 0.3 is 0 Å². The van der Waals surface area contributed by atoms with Crippen LogP contribution in [0.3, 0.4) is 0 Å². The summed E-state index contributed by atoms with van der Waals surface area (Å²) >= 11 is 5.95. The number of fused-ring (bicyclic) bond motifs is 1. The predicted octanol–water partition coefficient (Wildman–Crippen LogP) is 6.10. The maximum atomic E-state index is 13.0. The zero-order valence-electron chi connectivity index (χ0n) is 15.0. The van der Waals surface area contributed by atoms with Gasteiger partial charge in [0.2, 0.25) is 0 Å². The van der Waals surface area contributed by atoms with Gasteiger partial charge in [-0.15, -0.1) is 0 Å². The highest BCUT2D eigenvalue weighted by Gasteiger charge is 2.22. The summed E-state index contributed by atoms with van der Waals surface area (Å²) in [6.07, 6.45) is 2.30. The molecular formula is C24H17ClN2O. The minimum atomic E-state index is -0.118. The fourth-order valence-electron chi connectivity index (χ4n) is 3.52. The van der Waals surface area contributed by atoms with Crippen molar-refractivity contribution in [2.75, 3.05) is 0 Å². The van der Waals surface area contributed by atoms with Crippen LogP contribution in [0.2, 0.25) is 5.02 Å². The Morgan fingerprint density at radius 1 is 1.00 bits per heavy atom. The molecule has 136 valence electrons. The van der Waals surface area contributed by atoms with E-state index in [0.29, 0.717) is 22.6 Å². The molecule has 0 amide bonds. The number of carbonyl (C=O) groups excluding carboxylic acids is 1. The Bertz CT molecular complexity index is 1170. The molecule has 1 atom stereocenters. The van der Waals surface area contributed by atoms with Crippen molar-refractivity contribution in [3.63, 3.8) is 0 Å². The van der Waals surface area contributed by atoms with E-state index in [0.717, 1.165) is 22.0 Å². The number of Topliss-reactive ketones (excluding diaryl/α,β-unsaturated/α-hetero) is 1. The van der Waals surface area contributed by atoms with E-state index >= 15 is 0 Å². The van der Waals surface area contributed by atoms with Crippen molar-refractivity contribution in [1.29, 1.82) is 5.26 Å². The Morgan fingerprint density at radius 2 is 1.71 bits per heavy atom. The molecule has 3 nitrogen and oxygen atoms in total. The summed E-state index contributed by atoms with van der Waals surface area (Å²) in [5.74, 6) is -0.0663. The molecule has 0 spiro atoms. The molecule has 28 heavy (non-hydrogen) atoms. The van der Waals surface area contributed by atoms with Crippen LogP contribution >= 0.6 is 11.6 Å². The molecule has 0 saturated carbocycles. The van der Waals surface area contributed by atoms with Crippen molar-refractivity contribution in [3.05, 3.63) is 106 Å². The number of benzene rings is 3. The smallest absolute Gasteiger partial charge is 0.163 e. The number of aromatic amines is 1. The number of H-pyrrole nitrogens is 1. The Labute approximate surface area is 168 Å². The van der Waals surface area contributed by atoms with Gasteiger partial charge in [0.05, 0.1) is 11.6 Å². The van der Waals surface area contributed by atoms with Crippen LogP contribution in [-0.4, -0.2) is 10.8 Å². The number of nitrogens with zero attached hydrogens (tertiary/aromatic N) is 1. The van der Waals surface area contributed by atoms with Crippen LogP contribution in [0, 0.1) is 11.3 Å². The highest BCUT2D eigenvalue weighted by molar-refractivity contribution is 6.30. The molecule has 1 unspecified atom stereocenters. The number of carbonyl (C=O) groups is 1. The Kier molecular flexibility index (Phi) is 4.97. The molecular weight excluding hydrogens is 368 g/mol. The van der Waals surface area contributed by atoms with Gasteiger partial charge in [-0.05, 0) is 53.6 Å². The van der Waals surface area contributed by atoms with Gasteiger partial charge in [0.25, 0.3) is 0 Å². The number of hydrogen-bond donors (Lipinski definition) is 1. The van der Waals surface area contributed by atoms with Crippen molar-refractivity contribution < 1.29 is 4.79 Å². The second kappa shape index (κ2) is 7.72. The van der Waals surface area contributed by atoms with E-state index in [9.17, 15) is 4.79 Å². The fourth-order valence-corrected chi connectivity index (χ4v) is 3.64. The number of ketones is 1. The molecule has 0 aliphatic rings. The largest absolute Gasteiger partial charge is 0.361 e. The highest BCUT2D eigenvalue weighted by atomic mass is 35.5. The fraction of sp³-hybridized carbons (Fsp3) is 0.0833. The summed E-state index contributed by atoms with van der Waals surface area (Å²) < 4.78 is 0. The average molecular weight is 385 g/mol.